The second-order valence-corrected chi connectivity index (χ2v) is 5.24. The van der Waals surface area contributed by atoms with Crippen molar-refractivity contribution < 1.29 is 4.79 Å². The summed E-state index contributed by atoms with van der Waals surface area (Å²) in [6.07, 6.45) is 8.52. The van der Waals surface area contributed by atoms with Crippen molar-refractivity contribution in [3.8, 4) is 0 Å². The Labute approximate surface area is 103 Å². The van der Waals surface area contributed by atoms with Gasteiger partial charge in [0.25, 0.3) is 0 Å². The predicted octanol–water partition coefficient (Wildman–Crippen LogP) is 2.95. The largest absolute Gasteiger partial charge is 0.358 e. The Morgan fingerprint density at radius 2 is 1.88 bits per heavy atom. The van der Waals surface area contributed by atoms with Crippen molar-refractivity contribution in [1.29, 1.82) is 0 Å². The quantitative estimate of drug-likeness (QED) is 0.727. The van der Waals surface area contributed by atoms with Crippen LogP contribution in [0.25, 0.3) is 0 Å². The minimum atomic E-state index is 0.0792. The van der Waals surface area contributed by atoms with Gasteiger partial charge in [-0.05, 0) is 24.5 Å². The fourth-order valence-electron chi connectivity index (χ4n) is 3.38. The van der Waals surface area contributed by atoms with Gasteiger partial charge in [-0.1, -0.05) is 37.5 Å². The van der Waals surface area contributed by atoms with E-state index in [1.165, 1.54) is 43.4 Å². The van der Waals surface area contributed by atoms with Crippen molar-refractivity contribution in [1.82, 2.24) is 0 Å². The first-order chi connectivity index (χ1) is 8.40. The molecule has 2 aliphatic rings. The Kier molecular flexibility index (Phi) is 2.87. The van der Waals surface area contributed by atoms with Crippen LogP contribution in [0.1, 0.15) is 37.7 Å². The van der Waals surface area contributed by atoms with Crippen molar-refractivity contribution in [3.63, 3.8) is 0 Å². The number of para-hydroxylation sites is 1. The molecule has 1 aromatic rings. The first-order valence-corrected chi connectivity index (χ1v) is 6.71. The summed E-state index contributed by atoms with van der Waals surface area (Å²) in [5, 5.41) is 0. The highest BCUT2D eigenvalue weighted by molar-refractivity contribution is 5.73. The molecule has 1 aromatic carbocycles. The first-order valence-electron chi connectivity index (χ1n) is 6.71. The number of hydrogen-bond acceptors (Lipinski definition) is 2. The normalized spacial score (nSPS) is 24.7. The number of rotatable bonds is 2. The van der Waals surface area contributed by atoms with Gasteiger partial charge in [-0.25, -0.2) is 0 Å². The van der Waals surface area contributed by atoms with Crippen LogP contribution >= 0.6 is 0 Å². The maximum absolute atomic E-state index is 11.3. The van der Waals surface area contributed by atoms with Crippen molar-refractivity contribution in [2.24, 2.45) is 0 Å². The van der Waals surface area contributed by atoms with Gasteiger partial charge in [0.05, 0.1) is 6.04 Å². The summed E-state index contributed by atoms with van der Waals surface area (Å²) in [7, 11) is 0. The Morgan fingerprint density at radius 1 is 1.12 bits per heavy atom. The third-order valence-corrected chi connectivity index (χ3v) is 4.18. The van der Waals surface area contributed by atoms with Crippen LogP contribution in [0, 0.1) is 0 Å². The van der Waals surface area contributed by atoms with E-state index >= 15 is 0 Å². The van der Waals surface area contributed by atoms with E-state index in [0.717, 1.165) is 12.7 Å². The number of hydrogen-bond donors (Lipinski definition) is 0. The molecule has 1 atom stereocenters. The number of fused-ring (bicyclic) bond motifs is 1. The fraction of sp³-hybridized carbons (Fsp3) is 0.533. The minimum absolute atomic E-state index is 0.0792. The molecule has 0 radical (unpaired) electrons. The molecule has 1 unspecified atom stereocenters. The molecule has 2 nitrogen and oxygen atoms in total. The van der Waals surface area contributed by atoms with Gasteiger partial charge in [0.2, 0.25) is 0 Å². The molecule has 1 aliphatic carbocycles. The first kappa shape index (κ1) is 10.8. The number of aldehydes is 1. The molecule has 1 heterocycles. The van der Waals surface area contributed by atoms with Crippen molar-refractivity contribution in [3.05, 3.63) is 29.8 Å². The number of nitrogens with zero attached hydrogens (tertiary/aromatic N) is 1. The number of anilines is 1. The average molecular weight is 229 g/mol. The van der Waals surface area contributed by atoms with Gasteiger partial charge in [-0.15, -0.1) is 0 Å². The Hall–Kier alpha value is -1.31. The van der Waals surface area contributed by atoms with E-state index in [1.807, 2.05) is 0 Å². The molecule has 17 heavy (non-hydrogen) atoms. The average Bonchev–Trinajstić information content (AvgIpc) is 2.78. The maximum Gasteiger partial charge on any atom is 0.142 e. The molecular formula is C15H19NO. The Balaban J connectivity index is 1.92. The van der Waals surface area contributed by atoms with Gasteiger partial charge in [0.1, 0.15) is 6.29 Å². The topological polar surface area (TPSA) is 20.3 Å². The van der Waals surface area contributed by atoms with E-state index < -0.39 is 0 Å². The Bertz CT molecular complexity index is 409. The summed E-state index contributed by atoms with van der Waals surface area (Å²) < 4.78 is 0. The zero-order valence-corrected chi connectivity index (χ0v) is 10.1. The SMILES string of the molecule is O=CC1Cc2ccccc2N1C1CCCCC1. The third-order valence-electron chi connectivity index (χ3n) is 4.18. The monoisotopic (exact) mass is 229 g/mol. The standard InChI is InChI=1S/C15H19NO/c17-11-14-10-12-6-4-5-9-15(12)16(14)13-7-2-1-3-8-13/h4-6,9,11,13-14H,1-3,7-8,10H2. The molecule has 0 bridgehead atoms. The van der Waals surface area contributed by atoms with Crippen LogP contribution in [0.3, 0.4) is 0 Å². The van der Waals surface area contributed by atoms with E-state index in [0.29, 0.717) is 6.04 Å². The molecule has 0 N–H and O–H groups in total. The van der Waals surface area contributed by atoms with Gasteiger partial charge in [0.15, 0.2) is 0 Å². The summed E-state index contributed by atoms with van der Waals surface area (Å²) >= 11 is 0. The van der Waals surface area contributed by atoms with E-state index in [2.05, 4.69) is 29.2 Å². The molecule has 3 rings (SSSR count). The van der Waals surface area contributed by atoms with Crippen LogP contribution in [0.2, 0.25) is 0 Å². The second-order valence-electron chi connectivity index (χ2n) is 5.24. The van der Waals surface area contributed by atoms with E-state index in [-0.39, 0.29) is 6.04 Å². The van der Waals surface area contributed by atoms with Crippen LogP contribution < -0.4 is 4.90 Å². The van der Waals surface area contributed by atoms with Crippen molar-refractivity contribution >= 4 is 12.0 Å². The highest BCUT2D eigenvalue weighted by Crippen LogP contribution is 2.36. The fourth-order valence-corrected chi connectivity index (χ4v) is 3.38. The molecule has 1 fully saturated rings. The van der Waals surface area contributed by atoms with Gasteiger partial charge < -0.3 is 9.69 Å². The molecule has 1 saturated carbocycles. The van der Waals surface area contributed by atoms with E-state index in [9.17, 15) is 4.79 Å². The van der Waals surface area contributed by atoms with Gasteiger partial charge in [0, 0.05) is 18.2 Å². The zero-order valence-electron chi connectivity index (χ0n) is 10.1. The molecule has 0 saturated heterocycles. The number of carbonyl (C=O) groups is 1. The molecule has 0 amide bonds. The summed E-state index contributed by atoms with van der Waals surface area (Å²) in [6.45, 7) is 0. The second kappa shape index (κ2) is 4.52. The Morgan fingerprint density at radius 3 is 2.65 bits per heavy atom. The molecule has 0 spiro atoms. The van der Waals surface area contributed by atoms with E-state index in [1.54, 1.807) is 0 Å². The molecular weight excluding hydrogens is 210 g/mol. The summed E-state index contributed by atoms with van der Waals surface area (Å²) in [4.78, 5) is 13.7. The summed E-state index contributed by atoms with van der Waals surface area (Å²) in [6, 6.07) is 9.16. The lowest BCUT2D eigenvalue weighted by Gasteiger charge is -2.36. The van der Waals surface area contributed by atoms with Crippen LogP contribution in [-0.4, -0.2) is 18.4 Å². The van der Waals surface area contributed by atoms with Crippen molar-refractivity contribution in [2.75, 3.05) is 4.90 Å². The van der Waals surface area contributed by atoms with E-state index in [4.69, 9.17) is 0 Å². The minimum Gasteiger partial charge on any atom is -0.358 e. The highest BCUT2D eigenvalue weighted by Gasteiger charge is 2.34. The van der Waals surface area contributed by atoms with Gasteiger partial charge in [-0.3, -0.25) is 0 Å². The molecule has 2 heteroatoms. The summed E-state index contributed by atoms with van der Waals surface area (Å²) in [5.74, 6) is 0. The van der Waals surface area contributed by atoms with Gasteiger partial charge >= 0.3 is 0 Å². The molecule has 90 valence electrons. The van der Waals surface area contributed by atoms with Crippen LogP contribution in [0.5, 0.6) is 0 Å². The van der Waals surface area contributed by atoms with Crippen LogP contribution in [0.15, 0.2) is 24.3 Å². The summed E-state index contributed by atoms with van der Waals surface area (Å²) in [5.41, 5.74) is 2.65. The predicted molar refractivity (Wildman–Crippen MR) is 69.4 cm³/mol. The lowest BCUT2D eigenvalue weighted by Crippen LogP contribution is -2.42. The van der Waals surface area contributed by atoms with Crippen LogP contribution in [0.4, 0.5) is 5.69 Å². The zero-order chi connectivity index (χ0) is 11.7. The third kappa shape index (κ3) is 1.86. The maximum atomic E-state index is 11.3. The van der Waals surface area contributed by atoms with Gasteiger partial charge in [-0.2, -0.15) is 0 Å². The molecule has 0 aromatic heterocycles. The number of carbonyl (C=O) groups excluding carboxylic acids is 1. The smallest absolute Gasteiger partial charge is 0.142 e. The highest BCUT2D eigenvalue weighted by atomic mass is 16.1. The van der Waals surface area contributed by atoms with Crippen molar-refractivity contribution in [2.45, 2.75) is 50.6 Å². The lowest BCUT2D eigenvalue weighted by atomic mass is 9.93. The lowest BCUT2D eigenvalue weighted by molar-refractivity contribution is -0.109. The van der Waals surface area contributed by atoms with Crippen LogP contribution in [-0.2, 0) is 11.2 Å². The molecule has 1 aliphatic heterocycles. The number of benzene rings is 1.